The van der Waals surface area contributed by atoms with Gasteiger partial charge >= 0.3 is 11.9 Å². The highest BCUT2D eigenvalue weighted by atomic mass is 16.6. The number of carbonyl (C=O) groups is 3. The van der Waals surface area contributed by atoms with Gasteiger partial charge < -0.3 is 24.8 Å². The second-order valence-corrected chi connectivity index (χ2v) is 8.76. The summed E-state index contributed by atoms with van der Waals surface area (Å²) in [6, 6.07) is 0. The average molecular weight is 457 g/mol. The van der Waals surface area contributed by atoms with Crippen molar-refractivity contribution in [2.45, 2.75) is 121 Å². The molecule has 0 radical (unpaired) electrons. The molecule has 0 amide bonds. The van der Waals surface area contributed by atoms with E-state index in [0.29, 0.717) is 25.7 Å². The number of ketones is 1. The zero-order valence-corrected chi connectivity index (χ0v) is 19.4. The number of rotatable bonds is 10. The molecule has 1 rings (SSSR count). The van der Waals surface area contributed by atoms with Crippen LogP contribution in [0.3, 0.4) is 0 Å². The van der Waals surface area contributed by atoms with E-state index in [2.05, 4.69) is 0 Å². The Balaban J connectivity index is 2.53. The minimum atomic E-state index is -1.43. The number of esters is 2. The van der Waals surface area contributed by atoms with Gasteiger partial charge in [-0.05, 0) is 52.0 Å². The first kappa shape index (κ1) is 28.3. The summed E-state index contributed by atoms with van der Waals surface area (Å²) >= 11 is 0. The summed E-state index contributed by atoms with van der Waals surface area (Å²) in [5, 5.41) is 29.2. The number of Topliss-reactive ketones (excluding diaryl/α,β-unsaturated/α-hetero) is 1. The van der Waals surface area contributed by atoms with E-state index in [1.165, 1.54) is 6.08 Å². The van der Waals surface area contributed by atoms with Crippen molar-refractivity contribution >= 4 is 17.7 Å². The van der Waals surface area contributed by atoms with Gasteiger partial charge in [-0.15, -0.1) is 0 Å². The maximum absolute atomic E-state index is 12.4. The molecule has 3 N–H and O–H groups in total. The van der Waals surface area contributed by atoms with Crippen molar-refractivity contribution in [3.8, 4) is 0 Å². The zero-order valence-electron chi connectivity index (χ0n) is 19.4. The van der Waals surface area contributed by atoms with Gasteiger partial charge in [0.25, 0.3) is 0 Å². The SMILES string of the molecule is CC(O)CCCCCCC(O)/C=C/C(=O)O[C@@H]1CC(=O)[C@@H](O)CCCCCC(C)OC1=O. The molecule has 1 saturated heterocycles. The highest BCUT2D eigenvalue weighted by Gasteiger charge is 2.31. The van der Waals surface area contributed by atoms with Gasteiger partial charge in [-0.3, -0.25) is 4.79 Å². The van der Waals surface area contributed by atoms with Crippen LogP contribution >= 0.6 is 0 Å². The lowest BCUT2D eigenvalue weighted by atomic mass is 10.0. The van der Waals surface area contributed by atoms with E-state index in [1.807, 2.05) is 0 Å². The standard InChI is InChI=1S/C24H40O8/c1-17(25)10-6-3-4-8-12-19(26)14-15-23(29)32-22-16-21(28)20(27)13-9-5-7-11-18(2)31-24(22)30/h14-15,17-20,22,25-27H,3-13,16H2,1-2H3/b15-14+/t17?,18?,19?,20-,22+/m0/s1. The lowest BCUT2D eigenvalue weighted by Gasteiger charge is -2.21. The van der Waals surface area contributed by atoms with Crippen molar-refractivity contribution in [2.24, 2.45) is 0 Å². The van der Waals surface area contributed by atoms with Gasteiger partial charge in [0.1, 0.15) is 6.10 Å². The minimum absolute atomic E-state index is 0.297. The minimum Gasteiger partial charge on any atom is -0.460 e. The van der Waals surface area contributed by atoms with Crippen molar-refractivity contribution in [3.05, 3.63) is 12.2 Å². The van der Waals surface area contributed by atoms with Crippen molar-refractivity contribution in [2.75, 3.05) is 0 Å². The molecule has 3 unspecified atom stereocenters. The summed E-state index contributed by atoms with van der Waals surface area (Å²) in [5.41, 5.74) is 0. The van der Waals surface area contributed by atoms with Crippen LogP contribution in [0.5, 0.6) is 0 Å². The van der Waals surface area contributed by atoms with E-state index in [1.54, 1.807) is 13.8 Å². The van der Waals surface area contributed by atoms with E-state index in [-0.39, 0.29) is 12.2 Å². The summed E-state index contributed by atoms with van der Waals surface area (Å²) in [4.78, 5) is 36.8. The van der Waals surface area contributed by atoms with Crippen molar-refractivity contribution in [3.63, 3.8) is 0 Å². The second-order valence-electron chi connectivity index (χ2n) is 8.76. The topological polar surface area (TPSA) is 130 Å². The van der Waals surface area contributed by atoms with Crippen LogP contribution in [0.2, 0.25) is 0 Å². The first-order valence-corrected chi connectivity index (χ1v) is 11.8. The van der Waals surface area contributed by atoms with Crippen molar-refractivity contribution < 1.29 is 39.2 Å². The molecule has 0 saturated carbocycles. The van der Waals surface area contributed by atoms with Crippen LogP contribution in [0, 0.1) is 0 Å². The fraction of sp³-hybridized carbons (Fsp3) is 0.792. The fourth-order valence-corrected chi connectivity index (χ4v) is 3.54. The highest BCUT2D eigenvalue weighted by molar-refractivity contribution is 5.91. The van der Waals surface area contributed by atoms with Crippen molar-refractivity contribution in [1.29, 1.82) is 0 Å². The third-order valence-corrected chi connectivity index (χ3v) is 5.51. The van der Waals surface area contributed by atoms with Crippen LogP contribution < -0.4 is 0 Å². The summed E-state index contributed by atoms with van der Waals surface area (Å²) in [5.74, 6) is -2.23. The number of hydrogen-bond donors (Lipinski definition) is 3. The van der Waals surface area contributed by atoms with E-state index < -0.39 is 42.5 Å². The maximum Gasteiger partial charge on any atom is 0.348 e. The first-order chi connectivity index (χ1) is 15.2. The van der Waals surface area contributed by atoms with Crippen LogP contribution in [0.4, 0.5) is 0 Å². The van der Waals surface area contributed by atoms with Crippen LogP contribution in [-0.4, -0.2) is 63.6 Å². The molecular formula is C24H40O8. The van der Waals surface area contributed by atoms with Gasteiger partial charge in [0.2, 0.25) is 6.10 Å². The van der Waals surface area contributed by atoms with Gasteiger partial charge in [0.05, 0.1) is 24.7 Å². The number of hydrogen-bond acceptors (Lipinski definition) is 8. The molecule has 32 heavy (non-hydrogen) atoms. The molecule has 1 aliphatic heterocycles. The molecule has 5 atom stereocenters. The van der Waals surface area contributed by atoms with E-state index >= 15 is 0 Å². The quantitative estimate of drug-likeness (QED) is 0.260. The number of aliphatic hydroxyl groups is 3. The number of ether oxygens (including phenoxy) is 2. The van der Waals surface area contributed by atoms with Gasteiger partial charge in [-0.2, -0.15) is 0 Å². The summed E-state index contributed by atoms with van der Waals surface area (Å²) in [7, 11) is 0. The predicted octanol–water partition coefficient (Wildman–Crippen LogP) is 2.75. The number of unbranched alkanes of at least 4 members (excludes halogenated alkanes) is 3. The second kappa shape index (κ2) is 15.9. The van der Waals surface area contributed by atoms with Crippen LogP contribution in [0.1, 0.15) is 90.9 Å². The Morgan fingerprint density at radius 3 is 2.44 bits per heavy atom. The molecule has 1 aliphatic rings. The number of aliphatic hydroxyl groups excluding tert-OH is 3. The Hall–Kier alpha value is -1.77. The van der Waals surface area contributed by atoms with Gasteiger partial charge in [-0.1, -0.05) is 38.5 Å². The van der Waals surface area contributed by atoms with Gasteiger partial charge in [-0.25, -0.2) is 9.59 Å². The smallest absolute Gasteiger partial charge is 0.348 e. The molecular weight excluding hydrogens is 416 g/mol. The monoisotopic (exact) mass is 456 g/mol. The summed E-state index contributed by atoms with van der Waals surface area (Å²) < 4.78 is 10.4. The normalized spacial score (nSPS) is 25.5. The average Bonchev–Trinajstić information content (AvgIpc) is 2.72. The molecule has 0 spiro atoms. The molecule has 0 bridgehead atoms. The molecule has 0 aliphatic carbocycles. The van der Waals surface area contributed by atoms with E-state index in [0.717, 1.165) is 51.0 Å². The third kappa shape index (κ3) is 12.9. The predicted molar refractivity (Wildman–Crippen MR) is 119 cm³/mol. The number of carbonyl (C=O) groups excluding carboxylic acids is 3. The van der Waals surface area contributed by atoms with Crippen LogP contribution in [0.25, 0.3) is 0 Å². The lowest BCUT2D eigenvalue weighted by molar-refractivity contribution is -0.170. The number of cyclic esters (lactones) is 1. The third-order valence-electron chi connectivity index (χ3n) is 5.51. The zero-order chi connectivity index (χ0) is 23.9. The lowest BCUT2D eigenvalue weighted by Crippen LogP contribution is -2.36. The molecule has 8 nitrogen and oxygen atoms in total. The first-order valence-electron chi connectivity index (χ1n) is 11.8. The van der Waals surface area contributed by atoms with E-state index in [9.17, 15) is 29.7 Å². The molecule has 8 heteroatoms. The summed E-state index contributed by atoms with van der Waals surface area (Å²) in [6.07, 6.45) is 5.93. The van der Waals surface area contributed by atoms with Crippen molar-refractivity contribution in [1.82, 2.24) is 0 Å². The van der Waals surface area contributed by atoms with Gasteiger partial charge in [0, 0.05) is 6.08 Å². The summed E-state index contributed by atoms with van der Waals surface area (Å²) in [6.45, 7) is 3.51. The van der Waals surface area contributed by atoms with Crippen LogP contribution in [0.15, 0.2) is 12.2 Å². The molecule has 184 valence electrons. The Morgan fingerprint density at radius 1 is 1.09 bits per heavy atom. The molecule has 0 aromatic heterocycles. The molecule has 0 aromatic carbocycles. The van der Waals surface area contributed by atoms with Crippen LogP contribution in [-0.2, 0) is 23.9 Å². The largest absolute Gasteiger partial charge is 0.460 e. The van der Waals surface area contributed by atoms with E-state index in [4.69, 9.17) is 9.47 Å². The fourth-order valence-electron chi connectivity index (χ4n) is 3.54. The highest BCUT2D eigenvalue weighted by Crippen LogP contribution is 2.16. The van der Waals surface area contributed by atoms with Gasteiger partial charge in [0.15, 0.2) is 5.78 Å². The molecule has 1 heterocycles. The Labute approximate surface area is 191 Å². The molecule has 0 aromatic rings. The molecule has 1 fully saturated rings. The Bertz CT molecular complexity index is 601. The Kier molecular flexibility index (Phi) is 14.1. The maximum atomic E-state index is 12.4. The Morgan fingerprint density at radius 2 is 1.75 bits per heavy atom.